The molecule has 0 radical (unpaired) electrons. The first-order chi connectivity index (χ1) is 15.9. The summed E-state index contributed by atoms with van der Waals surface area (Å²) in [4.78, 5) is 30.3. The van der Waals surface area contributed by atoms with Gasteiger partial charge in [0, 0.05) is 23.7 Å². The second-order valence-corrected chi connectivity index (χ2v) is 9.04. The van der Waals surface area contributed by atoms with Crippen LogP contribution in [0.4, 0.5) is 5.69 Å². The van der Waals surface area contributed by atoms with E-state index in [1.54, 1.807) is 12.1 Å². The molecule has 0 spiro atoms. The Balaban J connectivity index is 1.45. The molecule has 1 atom stereocenters. The Bertz CT molecular complexity index is 1310. The highest BCUT2D eigenvalue weighted by atomic mass is 32.1. The molecule has 1 amide bonds. The van der Waals surface area contributed by atoms with Gasteiger partial charge in [-0.25, -0.2) is 4.98 Å². The fraction of sp³-hybridized carbons (Fsp3) is 0.280. The first kappa shape index (κ1) is 22.7. The van der Waals surface area contributed by atoms with Crippen molar-refractivity contribution >= 4 is 27.9 Å². The summed E-state index contributed by atoms with van der Waals surface area (Å²) in [7, 11) is 0. The van der Waals surface area contributed by atoms with E-state index in [1.165, 1.54) is 21.9 Å². The molecular weight excluding hydrogens is 436 g/mol. The molecule has 0 saturated carbocycles. The van der Waals surface area contributed by atoms with Gasteiger partial charge in [0.1, 0.15) is 17.4 Å². The number of benzene rings is 2. The molecule has 8 heteroatoms. The quantitative estimate of drug-likeness (QED) is 0.399. The third-order valence-electron chi connectivity index (χ3n) is 5.22. The van der Waals surface area contributed by atoms with Gasteiger partial charge in [-0.15, -0.1) is 0 Å². The van der Waals surface area contributed by atoms with Crippen molar-refractivity contribution in [1.29, 1.82) is 0 Å². The molecule has 0 bridgehead atoms. The Morgan fingerprint density at radius 2 is 1.91 bits per heavy atom. The lowest BCUT2D eigenvalue weighted by Crippen LogP contribution is -2.20. The molecule has 1 N–H and O–H groups in total. The molecule has 4 aromatic rings. The Hall–Kier alpha value is -3.52. The van der Waals surface area contributed by atoms with Crippen LogP contribution in [0.3, 0.4) is 0 Å². The predicted molar refractivity (Wildman–Crippen MR) is 130 cm³/mol. The molecule has 2 aromatic heterocycles. The van der Waals surface area contributed by atoms with Crippen molar-refractivity contribution in [2.45, 2.75) is 45.6 Å². The number of anilines is 1. The number of fused-ring (bicyclic) bond motifs is 1. The highest BCUT2D eigenvalue weighted by Crippen LogP contribution is 2.24. The van der Waals surface area contributed by atoms with Crippen LogP contribution >= 0.6 is 11.3 Å². The summed E-state index contributed by atoms with van der Waals surface area (Å²) >= 11 is 1.41. The normalized spacial score (nSPS) is 12.1. The predicted octanol–water partition coefficient (Wildman–Crippen LogP) is 4.99. The minimum absolute atomic E-state index is 0.0628. The molecule has 0 aliphatic rings. The van der Waals surface area contributed by atoms with Gasteiger partial charge in [-0.2, -0.15) is 9.61 Å². The van der Waals surface area contributed by atoms with Crippen molar-refractivity contribution in [3.05, 3.63) is 87.3 Å². The van der Waals surface area contributed by atoms with Gasteiger partial charge in [0.25, 0.3) is 5.56 Å². The number of hydrogen-bond donors (Lipinski definition) is 1. The third-order valence-corrected chi connectivity index (χ3v) is 6.43. The molecule has 0 aliphatic carbocycles. The zero-order valence-electron chi connectivity index (χ0n) is 18.8. The Labute approximate surface area is 196 Å². The van der Waals surface area contributed by atoms with Gasteiger partial charge >= 0.3 is 0 Å². The van der Waals surface area contributed by atoms with Crippen molar-refractivity contribution in [3.8, 4) is 5.75 Å². The summed E-state index contributed by atoms with van der Waals surface area (Å²) in [6.07, 6.45) is 0.700. The van der Waals surface area contributed by atoms with Crippen LogP contribution < -0.4 is 15.6 Å². The zero-order chi connectivity index (χ0) is 23.4. The molecular formula is C25H26N4O3S. The van der Waals surface area contributed by atoms with Gasteiger partial charge in [-0.05, 0) is 24.1 Å². The van der Waals surface area contributed by atoms with E-state index < -0.39 is 0 Å². The van der Waals surface area contributed by atoms with E-state index in [-0.39, 0.29) is 29.9 Å². The molecule has 0 saturated heterocycles. The van der Waals surface area contributed by atoms with Crippen LogP contribution in [0, 0.1) is 0 Å². The summed E-state index contributed by atoms with van der Waals surface area (Å²) in [5.41, 5.74) is 1.94. The van der Waals surface area contributed by atoms with E-state index >= 15 is 0 Å². The molecule has 0 aliphatic heterocycles. The smallest absolute Gasteiger partial charge is 0.275 e. The van der Waals surface area contributed by atoms with E-state index in [1.807, 2.05) is 63.2 Å². The Morgan fingerprint density at radius 1 is 1.12 bits per heavy atom. The second-order valence-electron chi connectivity index (χ2n) is 8.05. The van der Waals surface area contributed by atoms with Crippen LogP contribution in [-0.2, 0) is 11.4 Å². The first-order valence-corrected chi connectivity index (χ1v) is 11.7. The Morgan fingerprint density at radius 3 is 2.64 bits per heavy atom. The van der Waals surface area contributed by atoms with Crippen LogP contribution in [0.1, 0.15) is 55.3 Å². The van der Waals surface area contributed by atoms with E-state index in [0.717, 1.165) is 10.6 Å². The number of nitrogens with one attached hydrogen (secondary N) is 1. The molecule has 2 aromatic carbocycles. The number of carbonyl (C=O) groups excluding carboxylic acids is 1. The number of aromatic nitrogens is 3. The molecule has 0 fully saturated rings. The van der Waals surface area contributed by atoms with Crippen LogP contribution in [0.25, 0.3) is 4.96 Å². The number of carbonyl (C=O) groups is 1. The standard InChI is InChI=1S/C25H26N4O3S/c1-4-21(17-9-6-5-7-10-17)23(31)26-18-11-8-12-20(13-18)32-15-19-14-22(30)29-25(27-19)33-24(28-29)16(2)3/h5-14,16,21H,4,15H2,1-3H3,(H,26,31)/t21-/m1/s1. The van der Waals surface area contributed by atoms with Gasteiger partial charge < -0.3 is 10.1 Å². The molecule has 2 heterocycles. The van der Waals surface area contributed by atoms with Crippen molar-refractivity contribution in [1.82, 2.24) is 14.6 Å². The average Bonchev–Trinajstić information content (AvgIpc) is 3.25. The Kier molecular flexibility index (Phi) is 6.84. The molecule has 4 rings (SSSR count). The summed E-state index contributed by atoms with van der Waals surface area (Å²) in [6, 6.07) is 18.4. The maximum Gasteiger partial charge on any atom is 0.275 e. The number of ether oxygens (including phenoxy) is 1. The topological polar surface area (TPSA) is 85.6 Å². The van der Waals surface area contributed by atoms with Crippen molar-refractivity contribution < 1.29 is 9.53 Å². The fourth-order valence-electron chi connectivity index (χ4n) is 3.49. The molecule has 170 valence electrons. The molecule has 33 heavy (non-hydrogen) atoms. The highest BCUT2D eigenvalue weighted by Gasteiger charge is 2.18. The van der Waals surface area contributed by atoms with E-state index in [9.17, 15) is 9.59 Å². The van der Waals surface area contributed by atoms with Crippen molar-refractivity contribution in [3.63, 3.8) is 0 Å². The largest absolute Gasteiger partial charge is 0.487 e. The number of hydrogen-bond acceptors (Lipinski definition) is 6. The second kappa shape index (κ2) is 9.95. The van der Waals surface area contributed by atoms with Gasteiger partial charge in [0.15, 0.2) is 0 Å². The van der Waals surface area contributed by atoms with Gasteiger partial charge in [-0.1, -0.05) is 68.5 Å². The summed E-state index contributed by atoms with van der Waals surface area (Å²) in [5, 5.41) is 8.18. The lowest BCUT2D eigenvalue weighted by Gasteiger charge is -2.16. The van der Waals surface area contributed by atoms with Crippen molar-refractivity contribution in [2.75, 3.05) is 5.32 Å². The number of nitrogens with zero attached hydrogens (tertiary/aromatic N) is 3. The maximum atomic E-state index is 12.8. The zero-order valence-corrected chi connectivity index (χ0v) is 19.6. The van der Waals surface area contributed by atoms with Crippen LogP contribution in [-0.4, -0.2) is 20.5 Å². The number of rotatable bonds is 8. The fourth-order valence-corrected chi connectivity index (χ4v) is 4.41. The maximum absolute atomic E-state index is 12.8. The summed E-state index contributed by atoms with van der Waals surface area (Å²) in [5.74, 6) is 0.514. The summed E-state index contributed by atoms with van der Waals surface area (Å²) in [6.45, 7) is 6.19. The first-order valence-electron chi connectivity index (χ1n) is 10.9. The molecule has 0 unspecified atom stereocenters. The van der Waals surface area contributed by atoms with E-state index in [2.05, 4.69) is 15.4 Å². The number of amides is 1. The van der Waals surface area contributed by atoms with Crippen LogP contribution in [0.2, 0.25) is 0 Å². The van der Waals surface area contributed by atoms with Crippen LogP contribution in [0.15, 0.2) is 65.5 Å². The monoisotopic (exact) mass is 462 g/mol. The van der Waals surface area contributed by atoms with Crippen molar-refractivity contribution in [2.24, 2.45) is 0 Å². The minimum atomic E-state index is -0.228. The van der Waals surface area contributed by atoms with E-state index in [4.69, 9.17) is 4.74 Å². The average molecular weight is 463 g/mol. The third kappa shape index (κ3) is 5.28. The SMILES string of the molecule is CC[C@@H](C(=O)Nc1cccc(OCc2cc(=O)n3nc(C(C)C)sc3n2)c1)c1ccccc1. The van der Waals surface area contributed by atoms with Gasteiger partial charge in [0.05, 0.1) is 11.6 Å². The van der Waals surface area contributed by atoms with Crippen LogP contribution in [0.5, 0.6) is 5.75 Å². The lowest BCUT2D eigenvalue weighted by molar-refractivity contribution is -0.117. The summed E-state index contributed by atoms with van der Waals surface area (Å²) < 4.78 is 7.20. The van der Waals surface area contributed by atoms with Gasteiger partial charge in [-0.3, -0.25) is 9.59 Å². The molecule has 7 nitrogen and oxygen atoms in total. The minimum Gasteiger partial charge on any atom is -0.487 e. The highest BCUT2D eigenvalue weighted by molar-refractivity contribution is 7.16. The van der Waals surface area contributed by atoms with E-state index in [0.29, 0.717) is 28.5 Å². The lowest BCUT2D eigenvalue weighted by atomic mass is 9.95. The van der Waals surface area contributed by atoms with Gasteiger partial charge in [0.2, 0.25) is 10.9 Å².